The Morgan fingerprint density at radius 2 is 1.86 bits per heavy atom. The van der Waals surface area contributed by atoms with Gasteiger partial charge in [-0.15, -0.1) is 4.68 Å². The van der Waals surface area contributed by atoms with Crippen LogP contribution in [0.5, 0.6) is 0 Å². The summed E-state index contributed by atoms with van der Waals surface area (Å²) < 4.78 is 6.65. The van der Waals surface area contributed by atoms with Crippen LogP contribution >= 0.6 is 12.2 Å². The highest BCUT2D eigenvalue weighted by atomic mass is 32.1. The van der Waals surface area contributed by atoms with Crippen molar-refractivity contribution in [2.45, 2.75) is 32.9 Å². The summed E-state index contributed by atoms with van der Waals surface area (Å²) in [4.78, 5) is 15.9. The molecule has 4 rings (SSSR count). The van der Waals surface area contributed by atoms with E-state index in [4.69, 9.17) is 18.0 Å². The number of aromatic nitrogens is 5. The number of H-pyrrole nitrogens is 1. The number of nitrogens with zero attached hydrogens (tertiary/aromatic N) is 4. The number of nitrogens with two attached hydrogens (primary N) is 1. The normalized spacial score (nSPS) is 11.2. The molecule has 2 aromatic heterocycles. The Labute approximate surface area is 173 Å². The van der Waals surface area contributed by atoms with E-state index in [1.54, 1.807) is 4.68 Å². The number of nitrogens with one attached hydrogen (secondary N) is 1. The fourth-order valence-electron chi connectivity index (χ4n) is 3.57. The van der Waals surface area contributed by atoms with E-state index >= 15 is 0 Å². The second-order valence-corrected chi connectivity index (χ2v) is 7.29. The Bertz CT molecular complexity index is 1220. The molecule has 3 N–H and O–H groups in total. The first-order chi connectivity index (χ1) is 14.0. The van der Waals surface area contributed by atoms with Crippen LogP contribution in [0.2, 0.25) is 0 Å². The lowest BCUT2D eigenvalue weighted by molar-refractivity contribution is -0.612. The van der Waals surface area contributed by atoms with Crippen LogP contribution in [0.1, 0.15) is 18.1 Å². The average molecular weight is 408 g/mol. The fourth-order valence-corrected chi connectivity index (χ4v) is 3.92. The summed E-state index contributed by atoms with van der Waals surface area (Å²) in [5.41, 5.74) is 8.41. The number of para-hydroxylation sites is 3. The lowest BCUT2D eigenvalue weighted by Crippen LogP contribution is -2.35. The molecule has 0 saturated carbocycles. The van der Waals surface area contributed by atoms with Gasteiger partial charge in [-0.3, -0.25) is 4.79 Å². The van der Waals surface area contributed by atoms with E-state index in [1.165, 1.54) is 0 Å². The molecule has 0 saturated heterocycles. The molecule has 8 heteroatoms. The van der Waals surface area contributed by atoms with Gasteiger partial charge in [0.05, 0.1) is 23.9 Å². The quantitative estimate of drug-likeness (QED) is 0.365. The predicted octanol–water partition coefficient (Wildman–Crippen LogP) is 2.60. The summed E-state index contributed by atoms with van der Waals surface area (Å²) >= 11 is 5.69. The lowest BCUT2D eigenvalue weighted by Gasteiger charge is -2.06. The van der Waals surface area contributed by atoms with Gasteiger partial charge in [0.1, 0.15) is 18.1 Å². The van der Waals surface area contributed by atoms with Crippen molar-refractivity contribution in [1.29, 1.82) is 0 Å². The van der Waals surface area contributed by atoms with Crippen molar-refractivity contribution in [3.05, 3.63) is 71.0 Å². The number of rotatable bonds is 7. The van der Waals surface area contributed by atoms with Gasteiger partial charge in [-0.2, -0.15) is 9.67 Å². The van der Waals surface area contributed by atoms with Crippen LogP contribution in [0.4, 0.5) is 0 Å². The fraction of sp³-hybridized carbons (Fsp3) is 0.238. The zero-order valence-electron chi connectivity index (χ0n) is 16.2. The number of amides is 1. The molecule has 1 amide bonds. The summed E-state index contributed by atoms with van der Waals surface area (Å²) in [6.45, 7) is 3.20. The maximum atomic E-state index is 11.2. The van der Waals surface area contributed by atoms with Gasteiger partial charge in [-0.1, -0.05) is 30.3 Å². The van der Waals surface area contributed by atoms with Gasteiger partial charge in [-0.25, -0.2) is 4.98 Å². The molecular weight excluding hydrogens is 384 g/mol. The van der Waals surface area contributed by atoms with Crippen LogP contribution in [0.15, 0.2) is 54.6 Å². The summed E-state index contributed by atoms with van der Waals surface area (Å²) in [5, 5.41) is 3.37. The average Bonchev–Trinajstić information content (AvgIpc) is 3.21. The topological polar surface area (TPSA) is 85.5 Å². The van der Waals surface area contributed by atoms with Gasteiger partial charge in [0, 0.05) is 6.54 Å². The molecule has 0 aliphatic heterocycles. The first-order valence-corrected chi connectivity index (χ1v) is 9.95. The van der Waals surface area contributed by atoms with E-state index in [2.05, 4.69) is 20.7 Å². The molecule has 0 bridgehead atoms. The highest BCUT2D eigenvalue weighted by Gasteiger charge is 2.20. The molecule has 7 nitrogen and oxygen atoms in total. The van der Waals surface area contributed by atoms with E-state index < -0.39 is 0 Å². The number of imidazole rings is 1. The van der Waals surface area contributed by atoms with Crippen LogP contribution in [-0.2, 0) is 24.3 Å². The Hall–Kier alpha value is -3.26. The van der Waals surface area contributed by atoms with E-state index in [0.717, 1.165) is 41.3 Å². The molecule has 4 aromatic rings. The van der Waals surface area contributed by atoms with Gasteiger partial charge >= 0.3 is 4.77 Å². The number of carbonyl (C=O) groups excluding carboxylic acids is 1. The Balaban J connectivity index is 1.70. The molecule has 2 heterocycles. The minimum Gasteiger partial charge on any atom is -0.370 e. The van der Waals surface area contributed by atoms with Crippen LogP contribution in [0.3, 0.4) is 0 Å². The van der Waals surface area contributed by atoms with E-state index in [-0.39, 0.29) is 12.3 Å². The van der Waals surface area contributed by atoms with E-state index in [9.17, 15) is 4.79 Å². The molecule has 0 atom stereocenters. The lowest BCUT2D eigenvalue weighted by atomic mass is 10.3. The second kappa shape index (κ2) is 8.00. The van der Waals surface area contributed by atoms with Crippen molar-refractivity contribution in [2.24, 2.45) is 5.73 Å². The minimum atomic E-state index is -0.352. The van der Waals surface area contributed by atoms with Gasteiger partial charge < -0.3 is 10.3 Å². The predicted molar refractivity (Wildman–Crippen MR) is 113 cm³/mol. The third kappa shape index (κ3) is 3.84. The van der Waals surface area contributed by atoms with Crippen molar-refractivity contribution in [1.82, 2.24) is 19.3 Å². The van der Waals surface area contributed by atoms with Gasteiger partial charge in [0.2, 0.25) is 11.7 Å². The number of hydrogen-bond donors (Lipinski definition) is 2. The summed E-state index contributed by atoms with van der Waals surface area (Å²) in [6, 6.07) is 18.1. The third-order valence-electron chi connectivity index (χ3n) is 4.97. The van der Waals surface area contributed by atoms with Crippen molar-refractivity contribution in [3.8, 4) is 5.69 Å². The van der Waals surface area contributed by atoms with Gasteiger partial charge in [0.25, 0.3) is 0 Å². The number of aromatic amines is 1. The molecule has 0 aliphatic carbocycles. The largest absolute Gasteiger partial charge is 0.370 e. The number of aryl methyl sites for hydroxylation is 4. The highest BCUT2D eigenvalue weighted by molar-refractivity contribution is 7.71. The van der Waals surface area contributed by atoms with Crippen molar-refractivity contribution in [3.63, 3.8) is 0 Å². The zero-order chi connectivity index (χ0) is 20.4. The first kappa shape index (κ1) is 19.1. The monoisotopic (exact) mass is 407 g/mol. The molecule has 148 valence electrons. The first-order valence-electron chi connectivity index (χ1n) is 9.54. The maximum Gasteiger partial charge on any atom is 0.330 e. The molecule has 0 spiro atoms. The molecule has 29 heavy (non-hydrogen) atoms. The van der Waals surface area contributed by atoms with Crippen LogP contribution in [0.25, 0.3) is 16.7 Å². The number of benzene rings is 2. The Morgan fingerprint density at radius 1 is 1.14 bits per heavy atom. The number of carbonyl (C=O) groups is 1. The summed E-state index contributed by atoms with van der Waals surface area (Å²) in [6.07, 6.45) is 0.956. The van der Waals surface area contributed by atoms with Crippen molar-refractivity contribution < 1.29 is 9.36 Å². The van der Waals surface area contributed by atoms with E-state index in [0.29, 0.717) is 11.3 Å². The third-order valence-corrected chi connectivity index (χ3v) is 5.37. The van der Waals surface area contributed by atoms with Crippen LogP contribution < -0.4 is 10.3 Å². The second-order valence-electron chi connectivity index (χ2n) is 6.93. The Morgan fingerprint density at radius 3 is 2.62 bits per heavy atom. The van der Waals surface area contributed by atoms with Crippen molar-refractivity contribution >= 4 is 29.2 Å². The smallest absolute Gasteiger partial charge is 0.330 e. The van der Waals surface area contributed by atoms with Gasteiger partial charge in [0.15, 0.2) is 0 Å². The SMILES string of the molecule is Cc1nc2ccccc2n1CCc1[nH]n(CCC(N)=O)c(=S)[n+]1-c1ccccc1. The Kier molecular flexibility index (Phi) is 5.26. The highest BCUT2D eigenvalue weighted by Crippen LogP contribution is 2.16. The minimum absolute atomic E-state index is 0.230. The maximum absolute atomic E-state index is 11.2. The molecule has 0 fully saturated rings. The molecule has 0 aliphatic rings. The van der Waals surface area contributed by atoms with Crippen LogP contribution in [0, 0.1) is 11.7 Å². The summed E-state index contributed by atoms with van der Waals surface area (Å²) in [7, 11) is 0. The summed E-state index contributed by atoms with van der Waals surface area (Å²) in [5.74, 6) is 1.59. The molecular formula is C21H23N6OS+. The number of fused-ring (bicyclic) bond motifs is 1. The number of primary amides is 1. The zero-order valence-corrected chi connectivity index (χ0v) is 17.0. The van der Waals surface area contributed by atoms with Crippen molar-refractivity contribution in [2.75, 3.05) is 0 Å². The molecule has 0 unspecified atom stereocenters. The molecule has 0 radical (unpaired) electrons. The number of hydrogen-bond acceptors (Lipinski definition) is 3. The van der Waals surface area contributed by atoms with Crippen LogP contribution in [-0.4, -0.2) is 25.2 Å². The van der Waals surface area contributed by atoms with Gasteiger partial charge in [-0.05, 0) is 43.4 Å². The van der Waals surface area contributed by atoms with E-state index in [1.807, 2.05) is 60.0 Å². The molecule has 2 aromatic carbocycles. The standard InChI is InChI=1S/C21H22N6OS/c1-15-23-17-9-5-6-10-18(17)25(15)13-12-20-24-26(14-11-19(22)28)21(29)27(20)16-7-3-2-4-8-16/h2-10H,11-14H2,1H3,(H2,22,28)/p+1.